The summed E-state index contributed by atoms with van der Waals surface area (Å²) in [5, 5.41) is 0. The molecule has 0 aliphatic heterocycles. The third kappa shape index (κ3) is 4.34. The monoisotopic (exact) mass is 463 g/mol. The molecule has 1 fully saturated rings. The number of nitrogens with zero attached hydrogens (tertiary/aromatic N) is 3. The predicted molar refractivity (Wildman–Crippen MR) is 97.1 cm³/mol. The third-order valence-electron chi connectivity index (χ3n) is 4.14. The molecule has 1 aromatic heterocycles. The van der Waals surface area contributed by atoms with Gasteiger partial charge in [0.15, 0.2) is 5.82 Å². The maximum atomic E-state index is 13.4. The molecule has 25 heavy (non-hydrogen) atoms. The van der Waals surface area contributed by atoms with E-state index in [4.69, 9.17) is 4.74 Å². The van der Waals surface area contributed by atoms with Crippen molar-refractivity contribution in [3.8, 4) is 6.01 Å². The Hall–Kier alpha value is -1.58. The van der Waals surface area contributed by atoms with Gasteiger partial charge in [-0.3, -0.25) is 0 Å². The number of hydrogen-bond acceptors (Lipinski definition) is 4. The second-order valence-electron chi connectivity index (χ2n) is 5.95. The number of ether oxygens (including phenoxy) is 1. The summed E-state index contributed by atoms with van der Waals surface area (Å²) >= 11 is 2.12. The zero-order valence-electron chi connectivity index (χ0n) is 13.6. The number of alkyl halides is 3. The summed E-state index contributed by atoms with van der Waals surface area (Å²) in [4.78, 5) is 9.27. The fraction of sp³-hybridized carbons (Fsp3) is 0.412. The van der Waals surface area contributed by atoms with E-state index in [1.807, 2.05) is 6.07 Å². The molecule has 1 aromatic carbocycles. The van der Waals surface area contributed by atoms with Crippen molar-refractivity contribution < 1.29 is 17.9 Å². The molecule has 0 unspecified atom stereocenters. The van der Waals surface area contributed by atoms with Gasteiger partial charge >= 0.3 is 12.2 Å². The third-order valence-corrected chi connectivity index (χ3v) is 4.81. The Kier molecular flexibility index (Phi) is 5.35. The quantitative estimate of drug-likeness (QED) is 0.586. The highest BCUT2D eigenvalue weighted by atomic mass is 127. The fourth-order valence-electron chi connectivity index (χ4n) is 2.83. The first kappa shape index (κ1) is 18.2. The van der Waals surface area contributed by atoms with Gasteiger partial charge in [-0.25, -0.2) is 4.98 Å². The van der Waals surface area contributed by atoms with Gasteiger partial charge < -0.3 is 9.64 Å². The van der Waals surface area contributed by atoms with Crippen LogP contribution >= 0.6 is 22.6 Å². The number of aromatic nitrogens is 2. The van der Waals surface area contributed by atoms with Gasteiger partial charge in [-0.2, -0.15) is 18.2 Å². The van der Waals surface area contributed by atoms with Crippen molar-refractivity contribution in [3.05, 3.63) is 39.6 Å². The van der Waals surface area contributed by atoms with E-state index in [9.17, 15) is 13.2 Å². The van der Waals surface area contributed by atoms with Crippen molar-refractivity contribution in [1.82, 2.24) is 9.97 Å². The van der Waals surface area contributed by atoms with Gasteiger partial charge in [0.2, 0.25) is 0 Å². The normalized spacial score (nSPS) is 15.4. The average molecular weight is 463 g/mol. The van der Waals surface area contributed by atoms with E-state index in [1.54, 1.807) is 25.2 Å². The Morgan fingerprint density at radius 3 is 2.60 bits per heavy atom. The summed E-state index contributed by atoms with van der Waals surface area (Å²) < 4.78 is 46.8. The van der Waals surface area contributed by atoms with E-state index in [-0.39, 0.29) is 17.9 Å². The average Bonchev–Trinajstić information content (AvgIpc) is 3.06. The smallest absolute Gasteiger partial charge is 0.421 e. The summed E-state index contributed by atoms with van der Waals surface area (Å²) in [6, 6.07) is 7.18. The molecule has 1 aliphatic rings. The lowest BCUT2D eigenvalue weighted by Crippen LogP contribution is -2.21. The van der Waals surface area contributed by atoms with Gasteiger partial charge in [-0.15, -0.1) is 0 Å². The molecule has 0 radical (unpaired) electrons. The molecular weight excluding hydrogens is 446 g/mol. The SMILES string of the molecule is CN(c1cccc(I)c1)c1nc(OC2CCCC2)ncc1C(F)(F)F. The minimum atomic E-state index is -4.54. The molecule has 3 rings (SSSR count). The van der Waals surface area contributed by atoms with Crippen LogP contribution in [0.15, 0.2) is 30.5 Å². The van der Waals surface area contributed by atoms with E-state index in [0.717, 1.165) is 35.5 Å². The number of rotatable bonds is 4. The molecule has 0 saturated heterocycles. The minimum Gasteiger partial charge on any atom is -0.460 e. The van der Waals surface area contributed by atoms with Crippen LogP contribution in [0.1, 0.15) is 31.2 Å². The van der Waals surface area contributed by atoms with Crippen molar-refractivity contribution in [2.24, 2.45) is 0 Å². The van der Waals surface area contributed by atoms with Crippen molar-refractivity contribution in [2.45, 2.75) is 38.0 Å². The Bertz CT molecular complexity index is 748. The maximum absolute atomic E-state index is 13.4. The van der Waals surface area contributed by atoms with Crippen LogP contribution in [-0.4, -0.2) is 23.1 Å². The zero-order chi connectivity index (χ0) is 18.0. The number of halogens is 4. The van der Waals surface area contributed by atoms with E-state index in [2.05, 4.69) is 32.6 Å². The van der Waals surface area contributed by atoms with Crippen molar-refractivity contribution in [2.75, 3.05) is 11.9 Å². The molecule has 4 nitrogen and oxygen atoms in total. The minimum absolute atomic E-state index is 0.00706. The van der Waals surface area contributed by atoms with Crippen LogP contribution in [0.5, 0.6) is 6.01 Å². The van der Waals surface area contributed by atoms with Crippen LogP contribution < -0.4 is 9.64 Å². The topological polar surface area (TPSA) is 38.2 Å². The molecule has 0 atom stereocenters. The Labute approximate surface area is 157 Å². The molecule has 1 heterocycles. The van der Waals surface area contributed by atoms with Crippen LogP contribution in [0, 0.1) is 3.57 Å². The highest BCUT2D eigenvalue weighted by Gasteiger charge is 2.37. The Morgan fingerprint density at radius 2 is 1.96 bits per heavy atom. The molecule has 2 aromatic rings. The summed E-state index contributed by atoms with van der Waals surface area (Å²) in [6.07, 6.45) is 0.113. The Balaban J connectivity index is 1.98. The molecule has 8 heteroatoms. The lowest BCUT2D eigenvalue weighted by molar-refractivity contribution is -0.137. The van der Waals surface area contributed by atoms with Crippen LogP contribution in [0.2, 0.25) is 0 Å². The summed E-state index contributed by atoms with van der Waals surface area (Å²) in [5.74, 6) is -0.211. The van der Waals surface area contributed by atoms with Crippen LogP contribution in [-0.2, 0) is 6.18 Å². The summed E-state index contributed by atoms with van der Waals surface area (Å²) in [7, 11) is 1.56. The van der Waals surface area contributed by atoms with Gasteiger partial charge in [0.05, 0.1) is 0 Å². The van der Waals surface area contributed by atoms with E-state index >= 15 is 0 Å². The number of anilines is 2. The van der Waals surface area contributed by atoms with Gasteiger partial charge in [0.1, 0.15) is 11.7 Å². The lowest BCUT2D eigenvalue weighted by atomic mass is 10.2. The summed E-state index contributed by atoms with van der Waals surface area (Å²) in [6.45, 7) is 0. The standard InChI is InChI=1S/C17H17F3IN3O/c1-24(12-6-4-5-11(21)9-12)15-14(17(18,19)20)10-22-16(23-15)25-13-7-2-3-8-13/h4-6,9-10,13H,2-3,7-8H2,1H3. The van der Waals surface area contributed by atoms with Crippen LogP contribution in [0.25, 0.3) is 0 Å². The molecule has 1 aliphatic carbocycles. The zero-order valence-corrected chi connectivity index (χ0v) is 15.7. The number of benzene rings is 1. The van der Waals surface area contributed by atoms with Gasteiger partial charge in [0, 0.05) is 22.5 Å². The maximum Gasteiger partial charge on any atom is 0.421 e. The first-order valence-corrected chi connectivity index (χ1v) is 9.02. The van der Waals surface area contributed by atoms with Gasteiger partial charge in [0.25, 0.3) is 0 Å². The van der Waals surface area contributed by atoms with Gasteiger partial charge in [-0.1, -0.05) is 6.07 Å². The second-order valence-corrected chi connectivity index (χ2v) is 7.20. The largest absolute Gasteiger partial charge is 0.460 e. The van der Waals surface area contributed by atoms with E-state index < -0.39 is 11.7 Å². The van der Waals surface area contributed by atoms with Crippen molar-refractivity contribution in [3.63, 3.8) is 0 Å². The van der Waals surface area contributed by atoms with Crippen LogP contribution in [0.4, 0.5) is 24.7 Å². The summed E-state index contributed by atoms with van der Waals surface area (Å²) in [5.41, 5.74) is -0.268. The highest BCUT2D eigenvalue weighted by Crippen LogP contribution is 2.38. The fourth-order valence-corrected chi connectivity index (χ4v) is 3.36. The molecule has 134 valence electrons. The molecule has 0 spiro atoms. The van der Waals surface area contributed by atoms with Crippen LogP contribution in [0.3, 0.4) is 0 Å². The van der Waals surface area contributed by atoms with Crippen molar-refractivity contribution in [1.29, 1.82) is 0 Å². The second kappa shape index (κ2) is 7.35. The Morgan fingerprint density at radius 1 is 1.24 bits per heavy atom. The lowest BCUT2D eigenvalue weighted by Gasteiger charge is -2.23. The molecular formula is C17H17F3IN3O. The van der Waals surface area contributed by atoms with Crippen molar-refractivity contribution >= 4 is 34.1 Å². The van der Waals surface area contributed by atoms with E-state index in [0.29, 0.717) is 5.69 Å². The molecule has 0 N–H and O–H groups in total. The molecule has 1 saturated carbocycles. The first-order chi connectivity index (χ1) is 11.8. The number of hydrogen-bond donors (Lipinski definition) is 0. The van der Waals surface area contributed by atoms with Gasteiger partial charge in [-0.05, 0) is 66.5 Å². The molecule has 0 amide bonds. The van der Waals surface area contributed by atoms with E-state index in [1.165, 1.54) is 4.90 Å². The first-order valence-electron chi connectivity index (χ1n) is 7.95. The predicted octanol–water partition coefficient (Wildman–Crippen LogP) is 5.19. The highest BCUT2D eigenvalue weighted by molar-refractivity contribution is 14.1. The molecule has 0 bridgehead atoms.